The van der Waals surface area contributed by atoms with Gasteiger partial charge in [0.05, 0.1) is 4.90 Å². The SMILES string of the molecule is NS(=O)(=O)Nc1c(F)cc(S(=O)(=O)Cl)cc1F. The molecule has 0 atom stereocenters. The number of hydrogen-bond donors (Lipinski definition) is 2. The third-order valence-corrected chi connectivity index (χ3v) is 3.36. The molecule has 6 nitrogen and oxygen atoms in total. The van der Waals surface area contributed by atoms with Gasteiger partial charge in [-0.3, -0.25) is 4.72 Å². The first-order valence-corrected chi connectivity index (χ1v) is 7.60. The van der Waals surface area contributed by atoms with Crippen molar-refractivity contribution in [3.63, 3.8) is 0 Å². The van der Waals surface area contributed by atoms with Gasteiger partial charge >= 0.3 is 0 Å². The fourth-order valence-electron chi connectivity index (χ4n) is 0.930. The molecule has 0 aliphatic rings. The molecule has 0 amide bonds. The molecule has 0 aliphatic heterocycles. The van der Waals surface area contributed by atoms with Crippen molar-refractivity contribution in [1.29, 1.82) is 0 Å². The number of nitrogens with one attached hydrogen (secondary N) is 1. The predicted octanol–water partition coefficient (Wildman–Crippen LogP) is 0.508. The summed E-state index contributed by atoms with van der Waals surface area (Å²) in [6, 6.07) is 0.720. The third-order valence-electron chi connectivity index (χ3n) is 1.54. The van der Waals surface area contributed by atoms with Crippen molar-refractivity contribution in [3.8, 4) is 0 Å². The molecule has 0 saturated carbocycles. The Labute approximate surface area is 100.0 Å². The molecule has 0 unspecified atom stereocenters. The van der Waals surface area contributed by atoms with E-state index in [4.69, 9.17) is 10.7 Å². The fraction of sp³-hybridized carbons (Fsp3) is 0. The van der Waals surface area contributed by atoms with Crippen LogP contribution in [0.15, 0.2) is 17.0 Å². The van der Waals surface area contributed by atoms with Crippen LogP contribution in [0.1, 0.15) is 0 Å². The van der Waals surface area contributed by atoms with E-state index in [0.29, 0.717) is 12.1 Å². The summed E-state index contributed by atoms with van der Waals surface area (Å²) in [7, 11) is -3.84. The number of nitrogens with two attached hydrogens (primary N) is 1. The first kappa shape index (κ1) is 14.1. The van der Waals surface area contributed by atoms with Crippen LogP contribution in [-0.2, 0) is 19.3 Å². The summed E-state index contributed by atoms with van der Waals surface area (Å²) in [5, 5.41) is 4.51. The third kappa shape index (κ3) is 3.77. The summed E-state index contributed by atoms with van der Waals surface area (Å²) in [5.41, 5.74) is -1.09. The van der Waals surface area contributed by atoms with E-state index in [-0.39, 0.29) is 0 Å². The second kappa shape index (κ2) is 4.37. The van der Waals surface area contributed by atoms with Gasteiger partial charge in [0.25, 0.3) is 19.3 Å². The van der Waals surface area contributed by atoms with E-state index in [2.05, 4.69) is 5.14 Å². The molecule has 96 valence electrons. The maximum absolute atomic E-state index is 13.2. The lowest BCUT2D eigenvalue weighted by Gasteiger charge is -2.07. The molecule has 0 bridgehead atoms. The fourth-order valence-corrected chi connectivity index (χ4v) is 2.17. The minimum Gasteiger partial charge on any atom is -0.265 e. The zero-order valence-electron chi connectivity index (χ0n) is 7.82. The van der Waals surface area contributed by atoms with Crippen molar-refractivity contribution >= 4 is 35.6 Å². The van der Waals surface area contributed by atoms with Gasteiger partial charge in [-0.2, -0.15) is 8.42 Å². The number of rotatable bonds is 3. The van der Waals surface area contributed by atoms with Crippen molar-refractivity contribution in [2.24, 2.45) is 5.14 Å². The second-order valence-corrected chi connectivity index (χ2v) is 6.71. The molecule has 1 rings (SSSR count). The van der Waals surface area contributed by atoms with E-state index >= 15 is 0 Å². The van der Waals surface area contributed by atoms with Crippen LogP contribution in [0.2, 0.25) is 0 Å². The Bertz CT molecular complexity index is 636. The lowest BCUT2D eigenvalue weighted by molar-refractivity contribution is 0.574. The van der Waals surface area contributed by atoms with Crippen LogP contribution < -0.4 is 9.86 Å². The number of benzene rings is 1. The second-order valence-electron chi connectivity index (χ2n) is 2.85. The van der Waals surface area contributed by atoms with E-state index in [0.717, 1.165) is 0 Å². The van der Waals surface area contributed by atoms with Crippen LogP contribution in [0.5, 0.6) is 0 Å². The van der Waals surface area contributed by atoms with Gasteiger partial charge in [0.2, 0.25) is 0 Å². The summed E-state index contributed by atoms with van der Waals surface area (Å²) >= 11 is 0. The molecule has 0 spiro atoms. The van der Waals surface area contributed by atoms with Crippen LogP contribution in [0.3, 0.4) is 0 Å². The summed E-state index contributed by atoms with van der Waals surface area (Å²) in [4.78, 5) is -0.839. The Morgan fingerprint density at radius 2 is 1.53 bits per heavy atom. The topological polar surface area (TPSA) is 106 Å². The highest BCUT2D eigenvalue weighted by Gasteiger charge is 2.19. The molecule has 3 N–H and O–H groups in total. The van der Waals surface area contributed by atoms with Crippen LogP contribution >= 0.6 is 10.7 Å². The smallest absolute Gasteiger partial charge is 0.265 e. The number of halogens is 3. The quantitative estimate of drug-likeness (QED) is 0.793. The zero-order valence-corrected chi connectivity index (χ0v) is 10.2. The maximum Gasteiger partial charge on any atom is 0.296 e. The Hall–Kier alpha value is -0.970. The Morgan fingerprint density at radius 3 is 1.82 bits per heavy atom. The molecule has 0 fully saturated rings. The zero-order chi connectivity index (χ0) is 13.4. The van der Waals surface area contributed by atoms with Crippen LogP contribution in [0.4, 0.5) is 14.5 Å². The monoisotopic (exact) mass is 306 g/mol. The van der Waals surface area contributed by atoms with Crippen LogP contribution in [-0.4, -0.2) is 16.8 Å². The van der Waals surface area contributed by atoms with Gasteiger partial charge < -0.3 is 0 Å². The lowest BCUT2D eigenvalue weighted by atomic mass is 10.3. The van der Waals surface area contributed by atoms with Crippen LogP contribution in [0.25, 0.3) is 0 Å². The molecule has 0 aliphatic carbocycles. The van der Waals surface area contributed by atoms with Crippen molar-refractivity contribution in [2.75, 3.05) is 4.72 Å². The molecular weight excluding hydrogens is 302 g/mol. The summed E-state index contributed by atoms with van der Waals surface area (Å²) in [6.07, 6.45) is 0. The summed E-state index contributed by atoms with van der Waals surface area (Å²) in [6.45, 7) is 0. The summed E-state index contributed by atoms with van der Waals surface area (Å²) in [5.74, 6) is -2.92. The van der Waals surface area contributed by atoms with E-state index in [1.165, 1.54) is 4.72 Å². The summed E-state index contributed by atoms with van der Waals surface area (Å²) < 4.78 is 70.6. The molecule has 1 aromatic rings. The first-order chi connectivity index (χ1) is 7.50. The number of anilines is 1. The molecule has 0 aromatic heterocycles. The van der Waals surface area contributed by atoms with E-state index in [1.807, 2.05) is 0 Å². The van der Waals surface area contributed by atoms with E-state index in [1.54, 1.807) is 0 Å². The van der Waals surface area contributed by atoms with Gasteiger partial charge in [-0.15, -0.1) is 0 Å². The largest absolute Gasteiger partial charge is 0.296 e. The van der Waals surface area contributed by atoms with Crippen molar-refractivity contribution in [3.05, 3.63) is 23.8 Å². The minimum absolute atomic E-state index is 0.360. The van der Waals surface area contributed by atoms with Gasteiger partial charge in [-0.25, -0.2) is 22.3 Å². The van der Waals surface area contributed by atoms with Crippen molar-refractivity contribution in [2.45, 2.75) is 4.90 Å². The highest BCUT2D eigenvalue weighted by molar-refractivity contribution is 8.13. The maximum atomic E-state index is 13.2. The van der Waals surface area contributed by atoms with Crippen molar-refractivity contribution in [1.82, 2.24) is 0 Å². The van der Waals surface area contributed by atoms with Gasteiger partial charge in [0.15, 0.2) is 11.6 Å². The van der Waals surface area contributed by atoms with E-state index in [9.17, 15) is 25.6 Å². The standard InChI is InChI=1S/C6H5ClF2N2O4S2/c7-16(12,13)3-1-4(8)6(5(9)2-3)11-17(10,14)15/h1-2,11H,(H2,10,14,15). The van der Waals surface area contributed by atoms with Gasteiger partial charge in [-0.1, -0.05) is 0 Å². The molecule has 0 heterocycles. The number of hydrogen-bond acceptors (Lipinski definition) is 4. The molecular formula is C6H5ClF2N2O4S2. The molecule has 11 heteroatoms. The van der Waals surface area contributed by atoms with Gasteiger partial charge in [-0.05, 0) is 12.1 Å². The molecule has 1 aromatic carbocycles. The predicted molar refractivity (Wildman–Crippen MR) is 56.1 cm³/mol. The minimum atomic E-state index is -4.38. The highest BCUT2D eigenvalue weighted by atomic mass is 35.7. The van der Waals surface area contributed by atoms with Crippen LogP contribution in [0, 0.1) is 11.6 Å². The molecule has 17 heavy (non-hydrogen) atoms. The van der Waals surface area contributed by atoms with Gasteiger partial charge in [0, 0.05) is 10.7 Å². The van der Waals surface area contributed by atoms with Gasteiger partial charge in [0.1, 0.15) is 5.69 Å². The average molecular weight is 307 g/mol. The normalized spacial score (nSPS) is 12.5. The first-order valence-electron chi connectivity index (χ1n) is 3.75. The molecule has 0 radical (unpaired) electrons. The highest BCUT2D eigenvalue weighted by Crippen LogP contribution is 2.25. The van der Waals surface area contributed by atoms with Crippen molar-refractivity contribution < 1.29 is 25.6 Å². The Balaban J connectivity index is 3.40. The Morgan fingerprint density at radius 1 is 1.12 bits per heavy atom. The lowest BCUT2D eigenvalue weighted by Crippen LogP contribution is -2.23. The Kier molecular flexibility index (Phi) is 3.62. The average Bonchev–Trinajstić information content (AvgIpc) is 2.07. The van der Waals surface area contributed by atoms with E-state index < -0.39 is 41.5 Å². The molecule has 0 saturated heterocycles.